The highest BCUT2D eigenvalue weighted by Gasteiger charge is 2.11. The number of benzene rings is 3. The third-order valence-electron chi connectivity index (χ3n) is 4.13. The summed E-state index contributed by atoms with van der Waals surface area (Å²) < 4.78 is 2.53. The maximum atomic E-state index is 8.59. The fraction of sp³-hybridized carbons (Fsp3) is 0.0500. The van der Waals surface area contributed by atoms with Gasteiger partial charge in [-0.25, -0.2) is 0 Å². The lowest BCUT2D eigenvalue weighted by Gasteiger charge is -2.10. The number of hydrogen-bond donors (Lipinski definition) is 2. The van der Waals surface area contributed by atoms with Gasteiger partial charge in [0.25, 0.3) is 0 Å². The summed E-state index contributed by atoms with van der Waals surface area (Å²) in [7, 11) is 1.89. The van der Waals surface area contributed by atoms with Crippen LogP contribution in [0.2, 0.25) is 0 Å². The Morgan fingerprint density at radius 3 is 2.48 bits per heavy atom. The quantitative estimate of drug-likeness (QED) is 0.480. The second-order valence-corrected chi connectivity index (χ2v) is 6.56. The molecule has 3 heteroatoms. The van der Waals surface area contributed by atoms with Gasteiger partial charge in [0.1, 0.15) is 0 Å². The zero-order valence-electron chi connectivity index (χ0n) is 12.8. The minimum atomic E-state index is 0.550. The first-order valence-corrected chi connectivity index (χ1v) is 8.37. The summed E-state index contributed by atoms with van der Waals surface area (Å²) in [6.07, 6.45) is 0. The van der Waals surface area contributed by atoms with Gasteiger partial charge < -0.3 is 5.32 Å². The lowest BCUT2D eigenvalue weighted by Crippen LogP contribution is -2.05. The van der Waals surface area contributed by atoms with Crippen LogP contribution in [0.1, 0.15) is 11.1 Å². The van der Waals surface area contributed by atoms with Crippen molar-refractivity contribution in [1.29, 1.82) is 5.41 Å². The second kappa shape index (κ2) is 5.52. The summed E-state index contributed by atoms with van der Waals surface area (Å²) >= 11 is 1.79. The molecule has 2 N–H and O–H groups in total. The van der Waals surface area contributed by atoms with Crippen molar-refractivity contribution in [2.75, 3.05) is 12.4 Å². The standard InChI is InChI=1S/C20H16N2S/c1-22-17-8-4-2-7-16(17)20(21)13-10-11-15-14-6-3-5-9-18(14)23-19(15)12-13/h2-12,21-22H,1H3. The van der Waals surface area contributed by atoms with E-state index >= 15 is 0 Å². The summed E-state index contributed by atoms with van der Waals surface area (Å²) in [6, 6.07) is 22.7. The normalized spacial score (nSPS) is 11.0. The zero-order valence-corrected chi connectivity index (χ0v) is 13.6. The second-order valence-electron chi connectivity index (χ2n) is 5.48. The van der Waals surface area contributed by atoms with E-state index in [0.717, 1.165) is 16.8 Å². The maximum absolute atomic E-state index is 8.59. The van der Waals surface area contributed by atoms with Crippen LogP contribution in [-0.4, -0.2) is 12.8 Å². The highest BCUT2D eigenvalue weighted by atomic mass is 32.1. The van der Waals surface area contributed by atoms with E-state index in [4.69, 9.17) is 5.41 Å². The van der Waals surface area contributed by atoms with Gasteiger partial charge in [-0.15, -0.1) is 11.3 Å². The molecule has 0 aliphatic rings. The average Bonchev–Trinajstić information content (AvgIpc) is 2.98. The monoisotopic (exact) mass is 316 g/mol. The number of rotatable bonds is 3. The SMILES string of the molecule is CNc1ccccc1C(=N)c1ccc2c(c1)sc1ccccc12. The van der Waals surface area contributed by atoms with Crippen LogP contribution in [0.15, 0.2) is 66.7 Å². The predicted molar refractivity (Wildman–Crippen MR) is 101 cm³/mol. The van der Waals surface area contributed by atoms with Crippen LogP contribution in [0, 0.1) is 5.41 Å². The Morgan fingerprint density at radius 2 is 1.61 bits per heavy atom. The Labute approximate surface area is 138 Å². The topological polar surface area (TPSA) is 35.9 Å². The largest absolute Gasteiger partial charge is 0.388 e. The number of para-hydroxylation sites is 1. The molecule has 0 radical (unpaired) electrons. The lowest BCUT2D eigenvalue weighted by molar-refractivity contribution is 1.43. The van der Waals surface area contributed by atoms with Crippen molar-refractivity contribution < 1.29 is 0 Å². The van der Waals surface area contributed by atoms with E-state index in [1.54, 1.807) is 11.3 Å². The number of hydrogen-bond acceptors (Lipinski definition) is 3. The lowest BCUT2D eigenvalue weighted by atomic mass is 9.99. The Kier molecular flexibility index (Phi) is 3.36. The van der Waals surface area contributed by atoms with E-state index in [9.17, 15) is 0 Å². The van der Waals surface area contributed by atoms with Gasteiger partial charge in [-0.1, -0.05) is 48.5 Å². The summed E-state index contributed by atoms with van der Waals surface area (Å²) in [5, 5.41) is 14.3. The molecule has 0 fully saturated rings. The molecule has 0 amide bonds. The molecule has 0 saturated heterocycles. The third-order valence-corrected chi connectivity index (χ3v) is 5.27. The van der Waals surface area contributed by atoms with Crippen LogP contribution in [0.3, 0.4) is 0 Å². The van der Waals surface area contributed by atoms with E-state index in [1.807, 2.05) is 31.3 Å². The van der Waals surface area contributed by atoms with Crippen molar-refractivity contribution in [2.45, 2.75) is 0 Å². The number of nitrogens with one attached hydrogen (secondary N) is 2. The molecule has 112 valence electrons. The molecular formula is C20H16N2S. The first-order chi connectivity index (χ1) is 11.3. The first kappa shape index (κ1) is 14.0. The van der Waals surface area contributed by atoms with Crippen LogP contribution in [-0.2, 0) is 0 Å². The van der Waals surface area contributed by atoms with E-state index < -0.39 is 0 Å². The van der Waals surface area contributed by atoms with E-state index in [0.29, 0.717) is 5.71 Å². The molecule has 3 aromatic carbocycles. The van der Waals surface area contributed by atoms with Crippen molar-refractivity contribution in [1.82, 2.24) is 0 Å². The van der Waals surface area contributed by atoms with Crippen molar-refractivity contribution >= 4 is 42.9 Å². The molecule has 0 aliphatic carbocycles. The van der Waals surface area contributed by atoms with Gasteiger partial charge in [-0.2, -0.15) is 0 Å². The molecule has 0 aliphatic heterocycles. The molecule has 23 heavy (non-hydrogen) atoms. The predicted octanol–water partition coefficient (Wildman–Crippen LogP) is 5.51. The Balaban J connectivity index is 1.85. The van der Waals surface area contributed by atoms with Crippen molar-refractivity contribution in [3.63, 3.8) is 0 Å². The Bertz CT molecular complexity index is 1030. The van der Waals surface area contributed by atoms with Gasteiger partial charge in [0.05, 0.1) is 5.71 Å². The summed E-state index contributed by atoms with van der Waals surface area (Å²) in [4.78, 5) is 0. The fourth-order valence-electron chi connectivity index (χ4n) is 2.96. The van der Waals surface area contributed by atoms with Gasteiger partial charge in [0, 0.05) is 44.0 Å². The highest BCUT2D eigenvalue weighted by molar-refractivity contribution is 7.25. The molecular weight excluding hydrogens is 300 g/mol. The van der Waals surface area contributed by atoms with Crippen molar-refractivity contribution in [3.05, 3.63) is 77.9 Å². The minimum absolute atomic E-state index is 0.550. The van der Waals surface area contributed by atoms with E-state index in [-0.39, 0.29) is 0 Å². The zero-order chi connectivity index (χ0) is 15.8. The summed E-state index contributed by atoms with van der Waals surface area (Å²) in [6.45, 7) is 0. The van der Waals surface area contributed by atoms with Crippen LogP contribution in [0.4, 0.5) is 5.69 Å². The van der Waals surface area contributed by atoms with Crippen LogP contribution in [0.25, 0.3) is 20.2 Å². The Morgan fingerprint density at radius 1 is 0.870 bits per heavy atom. The summed E-state index contributed by atoms with van der Waals surface area (Å²) in [5.41, 5.74) is 3.41. The molecule has 0 spiro atoms. The molecule has 0 saturated carbocycles. The molecule has 0 bridgehead atoms. The summed E-state index contributed by atoms with van der Waals surface area (Å²) in [5.74, 6) is 0. The first-order valence-electron chi connectivity index (χ1n) is 7.55. The van der Waals surface area contributed by atoms with Crippen LogP contribution >= 0.6 is 11.3 Å². The maximum Gasteiger partial charge on any atom is 0.0705 e. The molecule has 0 atom stereocenters. The van der Waals surface area contributed by atoms with Gasteiger partial charge in [-0.05, 0) is 18.2 Å². The van der Waals surface area contributed by atoms with E-state index in [2.05, 4.69) is 47.8 Å². The average molecular weight is 316 g/mol. The molecule has 1 aromatic heterocycles. The molecule has 0 unspecified atom stereocenters. The molecule has 4 aromatic rings. The number of anilines is 1. The van der Waals surface area contributed by atoms with Gasteiger partial charge in [0.2, 0.25) is 0 Å². The number of fused-ring (bicyclic) bond motifs is 3. The van der Waals surface area contributed by atoms with Crippen LogP contribution in [0.5, 0.6) is 0 Å². The molecule has 1 heterocycles. The van der Waals surface area contributed by atoms with Gasteiger partial charge in [-0.3, -0.25) is 5.41 Å². The smallest absolute Gasteiger partial charge is 0.0705 e. The van der Waals surface area contributed by atoms with Crippen LogP contribution < -0.4 is 5.32 Å². The van der Waals surface area contributed by atoms with Crippen molar-refractivity contribution in [2.24, 2.45) is 0 Å². The van der Waals surface area contributed by atoms with Crippen molar-refractivity contribution in [3.8, 4) is 0 Å². The third kappa shape index (κ3) is 2.30. The molecule has 2 nitrogen and oxygen atoms in total. The Hall–Kier alpha value is -2.65. The highest BCUT2D eigenvalue weighted by Crippen LogP contribution is 2.34. The van der Waals surface area contributed by atoms with Gasteiger partial charge in [0.15, 0.2) is 0 Å². The fourth-order valence-corrected chi connectivity index (χ4v) is 4.10. The minimum Gasteiger partial charge on any atom is -0.388 e. The van der Waals surface area contributed by atoms with Gasteiger partial charge >= 0.3 is 0 Å². The number of thiophene rings is 1. The van der Waals surface area contributed by atoms with E-state index in [1.165, 1.54) is 20.2 Å². The molecule has 4 rings (SSSR count).